The Morgan fingerprint density at radius 1 is 1.67 bits per heavy atom. The van der Waals surface area contributed by atoms with Crippen molar-refractivity contribution in [1.82, 2.24) is 9.88 Å². The van der Waals surface area contributed by atoms with Gasteiger partial charge in [0.25, 0.3) is 0 Å². The molecule has 2 atom stereocenters. The van der Waals surface area contributed by atoms with Crippen molar-refractivity contribution in [1.29, 1.82) is 0 Å². The first-order chi connectivity index (χ1) is 7.20. The zero-order valence-corrected chi connectivity index (χ0v) is 10.3. The smallest absolute Gasteiger partial charge is 0.0926 e. The number of thiazole rings is 1. The number of nitrogens with two attached hydrogens (primary N) is 1. The molecule has 0 spiro atoms. The molecule has 0 aromatic carbocycles. The third-order valence-corrected chi connectivity index (χ3v) is 4.25. The lowest BCUT2D eigenvalue weighted by molar-refractivity contribution is 0.249. The van der Waals surface area contributed by atoms with E-state index in [0.717, 1.165) is 25.9 Å². The number of aromatic nitrogens is 1. The zero-order chi connectivity index (χ0) is 10.8. The molecule has 2 unspecified atom stereocenters. The van der Waals surface area contributed by atoms with Gasteiger partial charge in [-0.25, -0.2) is 4.98 Å². The van der Waals surface area contributed by atoms with Crippen molar-refractivity contribution in [2.75, 3.05) is 6.54 Å². The van der Waals surface area contributed by atoms with Crippen molar-refractivity contribution in [3.05, 3.63) is 16.1 Å². The highest BCUT2D eigenvalue weighted by molar-refractivity contribution is 7.09. The summed E-state index contributed by atoms with van der Waals surface area (Å²) in [6.07, 6.45) is 2.16. The first-order valence-corrected chi connectivity index (χ1v) is 6.51. The van der Waals surface area contributed by atoms with Crippen LogP contribution < -0.4 is 5.73 Å². The van der Waals surface area contributed by atoms with Gasteiger partial charge in [0, 0.05) is 30.6 Å². The lowest BCUT2D eigenvalue weighted by atomic mass is 10.2. The summed E-state index contributed by atoms with van der Waals surface area (Å²) in [5.41, 5.74) is 7.20. The van der Waals surface area contributed by atoms with Crippen molar-refractivity contribution < 1.29 is 0 Å². The highest BCUT2D eigenvalue weighted by Crippen LogP contribution is 2.20. The van der Waals surface area contributed by atoms with Crippen LogP contribution in [0.3, 0.4) is 0 Å². The predicted molar refractivity (Wildman–Crippen MR) is 64.0 cm³/mol. The van der Waals surface area contributed by atoms with E-state index >= 15 is 0 Å². The first-order valence-electron chi connectivity index (χ1n) is 5.63. The maximum absolute atomic E-state index is 5.99. The van der Waals surface area contributed by atoms with E-state index in [4.69, 9.17) is 5.73 Å². The number of rotatable bonds is 3. The number of hydrogen-bond donors (Lipinski definition) is 1. The number of likely N-dealkylation sites (tertiary alicyclic amines) is 1. The molecule has 1 fully saturated rings. The molecular formula is C11H19N3S. The van der Waals surface area contributed by atoms with Crippen LogP contribution in [0.4, 0.5) is 0 Å². The van der Waals surface area contributed by atoms with Crippen LogP contribution in [0.25, 0.3) is 0 Å². The van der Waals surface area contributed by atoms with Crippen LogP contribution >= 0.6 is 11.3 Å². The van der Waals surface area contributed by atoms with E-state index in [1.165, 1.54) is 10.7 Å². The molecule has 2 rings (SSSR count). The monoisotopic (exact) mass is 225 g/mol. The van der Waals surface area contributed by atoms with Gasteiger partial charge >= 0.3 is 0 Å². The summed E-state index contributed by atoms with van der Waals surface area (Å²) < 4.78 is 0. The lowest BCUT2D eigenvalue weighted by Crippen LogP contribution is -2.36. The molecule has 1 aromatic rings. The standard InChI is InChI=1S/C11H19N3S/c1-3-11-13-9(7-15-11)6-14-5-4-10(12)8(14)2/h7-8,10H,3-6,12H2,1-2H3. The normalized spacial score (nSPS) is 27.4. The molecule has 1 aliphatic heterocycles. The highest BCUT2D eigenvalue weighted by atomic mass is 32.1. The summed E-state index contributed by atoms with van der Waals surface area (Å²) in [6, 6.07) is 0.839. The summed E-state index contributed by atoms with van der Waals surface area (Å²) >= 11 is 1.77. The quantitative estimate of drug-likeness (QED) is 0.850. The third-order valence-electron chi connectivity index (χ3n) is 3.21. The van der Waals surface area contributed by atoms with Gasteiger partial charge < -0.3 is 5.73 Å². The molecule has 2 heterocycles. The van der Waals surface area contributed by atoms with Gasteiger partial charge in [-0.3, -0.25) is 4.90 Å². The van der Waals surface area contributed by atoms with Crippen LogP contribution in [-0.2, 0) is 13.0 Å². The van der Waals surface area contributed by atoms with Gasteiger partial charge in [0.05, 0.1) is 10.7 Å². The molecule has 1 aliphatic rings. The van der Waals surface area contributed by atoms with E-state index in [1.54, 1.807) is 11.3 Å². The largest absolute Gasteiger partial charge is 0.326 e. The minimum atomic E-state index is 0.342. The van der Waals surface area contributed by atoms with E-state index in [9.17, 15) is 0 Å². The van der Waals surface area contributed by atoms with Crippen molar-refractivity contribution >= 4 is 11.3 Å². The number of nitrogens with zero attached hydrogens (tertiary/aromatic N) is 2. The minimum absolute atomic E-state index is 0.342. The van der Waals surface area contributed by atoms with Gasteiger partial charge in [0.15, 0.2) is 0 Å². The first kappa shape index (κ1) is 11.0. The average Bonchev–Trinajstić information content (AvgIpc) is 2.80. The summed E-state index contributed by atoms with van der Waals surface area (Å²) in [5, 5.41) is 3.41. The second-order valence-electron chi connectivity index (χ2n) is 4.25. The summed E-state index contributed by atoms with van der Waals surface area (Å²) in [4.78, 5) is 7.02. The summed E-state index contributed by atoms with van der Waals surface area (Å²) in [6.45, 7) is 6.44. The zero-order valence-electron chi connectivity index (χ0n) is 9.44. The molecule has 3 nitrogen and oxygen atoms in total. The Balaban J connectivity index is 1.97. The fourth-order valence-corrected chi connectivity index (χ4v) is 2.78. The van der Waals surface area contributed by atoms with Gasteiger partial charge in [0.2, 0.25) is 0 Å². The highest BCUT2D eigenvalue weighted by Gasteiger charge is 2.27. The van der Waals surface area contributed by atoms with Crippen LogP contribution in [0.15, 0.2) is 5.38 Å². The van der Waals surface area contributed by atoms with E-state index in [2.05, 4.69) is 29.1 Å². The Bertz CT molecular complexity index is 323. The van der Waals surface area contributed by atoms with E-state index in [-0.39, 0.29) is 0 Å². The van der Waals surface area contributed by atoms with Gasteiger partial charge in [-0.05, 0) is 19.8 Å². The predicted octanol–water partition coefficient (Wildman–Crippen LogP) is 1.63. The van der Waals surface area contributed by atoms with Crippen LogP contribution in [-0.4, -0.2) is 28.5 Å². The van der Waals surface area contributed by atoms with Crippen molar-refractivity contribution in [2.24, 2.45) is 5.73 Å². The van der Waals surface area contributed by atoms with Crippen molar-refractivity contribution in [3.63, 3.8) is 0 Å². The topological polar surface area (TPSA) is 42.2 Å². The van der Waals surface area contributed by atoms with Crippen LogP contribution in [0.1, 0.15) is 31.0 Å². The Morgan fingerprint density at radius 3 is 3.00 bits per heavy atom. The SMILES string of the molecule is CCc1nc(CN2CCC(N)C2C)cs1. The third kappa shape index (κ3) is 2.38. The molecule has 0 amide bonds. The second-order valence-corrected chi connectivity index (χ2v) is 5.19. The second kappa shape index (κ2) is 4.60. The van der Waals surface area contributed by atoms with Gasteiger partial charge in [0.1, 0.15) is 0 Å². The molecule has 2 N–H and O–H groups in total. The Kier molecular flexibility index (Phi) is 3.38. The molecule has 1 aromatic heterocycles. The summed E-state index contributed by atoms with van der Waals surface area (Å²) in [7, 11) is 0. The van der Waals surface area contributed by atoms with Gasteiger partial charge in [-0.15, -0.1) is 11.3 Å². The molecule has 84 valence electrons. The van der Waals surface area contributed by atoms with Gasteiger partial charge in [-0.2, -0.15) is 0 Å². The average molecular weight is 225 g/mol. The number of hydrogen-bond acceptors (Lipinski definition) is 4. The maximum Gasteiger partial charge on any atom is 0.0926 e. The summed E-state index contributed by atoms with van der Waals surface area (Å²) in [5.74, 6) is 0. The maximum atomic E-state index is 5.99. The lowest BCUT2D eigenvalue weighted by Gasteiger charge is -2.21. The number of aryl methyl sites for hydroxylation is 1. The Hall–Kier alpha value is -0.450. The molecule has 0 saturated carbocycles. The van der Waals surface area contributed by atoms with Crippen LogP contribution in [0, 0.1) is 0 Å². The van der Waals surface area contributed by atoms with Crippen LogP contribution in [0.2, 0.25) is 0 Å². The molecule has 0 radical (unpaired) electrons. The van der Waals surface area contributed by atoms with E-state index in [0.29, 0.717) is 12.1 Å². The van der Waals surface area contributed by atoms with Crippen LogP contribution in [0.5, 0.6) is 0 Å². The van der Waals surface area contributed by atoms with E-state index < -0.39 is 0 Å². The minimum Gasteiger partial charge on any atom is -0.326 e. The molecule has 4 heteroatoms. The molecule has 15 heavy (non-hydrogen) atoms. The fourth-order valence-electron chi connectivity index (χ4n) is 2.05. The molecular weight excluding hydrogens is 206 g/mol. The molecule has 0 aliphatic carbocycles. The Labute approximate surface area is 95.3 Å². The fraction of sp³-hybridized carbons (Fsp3) is 0.727. The van der Waals surface area contributed by atoms with Crippen molar-refractivity contribution in [2.45, 2.75) is 45.3 Å². The van der Waals surface area contributed by atoms with Crippen molar-refractivity contribution in [3.8, 4) is 0 Å². The molecule has 1 saturated heterocycles. The Morgan fingerprint density at radius 2 is 2.47 bits per heavy atom. The van der Waals surface area contributed by atoms with E-state index in [1.807, 2.05) is 0 Å². The molecule has 0 bridgehead atoms. The van der Waals surface area contributed by atoms with Gasteiger partial charge in [-0.1, -0.05) is 6.92 Å².